The Morgan fingerprint density at radius 1 is 0.875 bits per heavy atom. The molecule has 1 aliphatic rings. The number of hydrogen-bond donors (Lipinski definition) is 0. The average molecular weight is 237 g/mol. The van der Waals surface area contributed by atoms with Crippen LogP contribution in [0.5, 0.6) is 0 Å². The first-order valence-corrected chi connectivity index (χ1v) is 8.58. The van der Waals surface area contributed by atoms with Crippen LogP contribution in [0.1, 0.15) is 27.7 Å². The molecular weight excluding hydrogens is 216 g/mol. The van der Waals surface area contributed by atoms with Gasteiger partial charge in [0.15, 0.2) is 0 Å². The summed E-state index contributed by atoms with van der Waals surface area (Å²) >= 11 is 0. The summed E-state index contributed by atoms with van der Waals surface area (Å²) in [6, 6.07) is 10.3. The second kappa shape index (κ2) is 3.42. The Hall–Kier alpha value is -0.643. The Labute approximate surface area is 98.8 Å². The van der Waals surface area contributed by atoms with E-state index in [2.05, 4.69) is 46.4 Å². The second-order valence-corrected chi connectivity index (χ2v) is 9.08. The third kappa shape index (κ3) is 1.73. The van der Waals surface area contributed by atoms with E-state index in [1.165, 1.54) is 5.19 Å². The molecule has 0 radical (unpaired) electrons. The molecule has 1 aromatic rings. The van der Waals surface area contributed by atoms with Crippen LogP contribution in [0.2, 0.25) is 6.55 Å². The van der Waals surface area contributed by atoms with Gasteiger partial charge in [-0.15, -0.1) is 0 Å². The Bertz CT molecular complexity index is 368. The van der Waals surface area contributed by atoms with Gasteiger partial charge in [-0.2, -0.15) is 0 Å². The fourth-order valence-corrected chi connectivity index (χ4v) is 6.43. The molecule has 0 atom stereocenters. The van der Waals surface area contributed by atoms with Crippen LogP contribution in [0.15, 0.2) is 30.3 Å². The standard InChI is InChI=1S/C13H21O2Si/c1-12(2)13(3,4)15-16(5,14-12)11-9-7-6-8-10-11/h6-10,16H,1-5H3/q-1. The quantitative estimate of drug-likeness (QED) is 0.698. The van der Waals surface area contributed by atoms with E-state index in [-0.39, 0.29) is 11.2 Å². The van der Waals surface area contributed by atoms with Crippen molar-refractivity contribution in [3.05, 3.63) is 30.3 Å². The van der Waals surface area contributed by atoms with E-state index in [0.29, 0.717) is 0 Å². The van der Waals surface area contributed by atoms with E-state index in [1.807, 2.05) is 18.2 Å². The van der Waals surface area contributed by atoms with Crippen LogP contribution < -0.4 is 5.19 Å². The molecule has 0 aliphatic carbocycles. The zero-order valence-corrected chi connectivity index (χ0v) is 11.9. The summed E-state index contributed by atoms with van der Waals surface area (Å²) in [7, 11) is -2.55. The molecule has 0 saturated carbocycles. The molecule has 0 bridgehead atoms. The van der Waals surface area contributed by atoms with Gasteiger partial charge in [0.25, 0.3) is 0 Å². The molecule has 0 amide bonds. The van der Waals surface area contributed by atoms with Gasteiger partial charge in [0.1, 0.15) is 0 Å². The van der Waals surface area contributed by atoms with E-state index in [0.717, 1.165) is 0 Å². The molecule has 1 fully saturated rings. The Morgan fingerprint density at radius 2 is 1.31 bits per heavy atom. The molecule has 1 saturated heterocycles. The van der Waals surface area contributed by atoms with E-state index in [4.69, 9.17) is 8.85 Å². The summed E-state index contributed by atoms with van der Waals surface area (Å²) in [5, 5.41) is 1.23. The predicted octanol–water partition coefficient (Wildman–Crippen LogP) is 2.30. The van der Waals surface area contributed by atoms with Crippen molar-refractivity contribution in [2.45, 2.75) is 45.4 Å². The van der Waals surface area contributed by atoms with Crippen molar-refractivity contribution in [3.8, 4) is 0 Å². The summed E-state index contributed by atoms with van der Waals surface area (Å²) < 4.78 is 12.6. The summed E-state index contributed by atoms with van der Waals surface area (Å²) in [5.74, 6) is 0. The van der Waals surface area contributed by atoms with E-state index in [9.17, 15) is 0 Å². The zero-order valence-electron chi connectivity index (χ0n) is 10.8. The Balaban J connectivity index is 2.38. The SMILES string of the molecule is CC1(C)O[SiH-](C)(c2ccccc2)OC1(C)C. The first kappa shape index (κ1) is 11.8. The first-order valence-electron chi connectivity index (χ1n) is 5.91. The van der Waals surface area contributed by atoms with Gasteiger partial charge in [0.05, 0.1) is 0 Å². The normalized spacial score (nSPS) is 27.6. The van der Waals surface area contributed by atoms with Gasteiger partial charge in [-0.05, 0) is 0 Å². The van der Waals surface area contributed by atoms with Crippen LogP contribution >= 0.6 is 0 Å². The van der Waals surface area contributed by atoms with Crippen LogP contribution in [-0.2, 0) is 8.85 Å². The molecule has 90 valence electrons. The van der Waals surface area contributed by atoms with Crippen molar-refractivity contribution < 1.29 is 8.85 Å². The minimum atomic E-state index is -2.55. The summed E-state index contributed by atoms with van der Waals surface area (Å²) in [5.41, 5.74) is -0.440. The number of hydrogen-bond acceptors (Lipinski definition) is 2. The summed E-state index contributed by atoms with van der Waals surface area (Å²) in [6.45, 7) is 10.6. The van der Waals surface area contributed by atoms with Gasteiger partial charge in [-0.3, -0.25) is 0 Å². The third-order valence-corrected chi connectivity index (χ3v) is 7.57. The third-order valence-electron chi connectivity index (χ3n) is 3.89. The molecule has 0 N–H and O–H groups in total. The molecule has 0 spiro atoms. The van der Waals surface area contributed by atoms with Gasteiger partial charge in [0, 0.05) is 0 Å². The van der Waals surface area contributed by atoms with Gasteiger partial charge in [0.2, 0.25) is 0 Å². The fourth-order valence-electron chi connectivity index (χ4n) is 2.37. The molecule has 0 unspecified atom stereocenters. The predicted molar refractivity (Wildman–Crippen MR) is 69.4 cm³/mol. The van der Waals surface area contributed by atoms with Crippen molar-refractivity contribution in [1.29, 1.82) is 0 Å². The molecule has 2 nitrogen and oxygen atoms in total. The minimum absolute atomic E-state index is 0.220. The molecule has 1 aliphatic heterocycles. The molecule has 0 aromatic heterocycles. The van der Waals surface area contributed by atoms with Crippen LogP contribution in [0.25, 0.3) is 0 Å². The molecule has 2 rings (SSSR count). The zero-order chi connectivity index (χ0) is 12.0. The van der Waals surface area contributed by atoms with Gasteiger partial charge in [-0.25, -0.2) is 0 Å². The molecule has 1 aromatic carbocycles. The monoisotopic (exact) mass is 237 g/mol. The fraction of sp³-hybridized carbons (Fsp3) is 0.538. The molecule has 1 heterocycles. The maximum atomic E-state index is 6.28. The molecule has 3 heteroatoms. The average Bonchev–Trinajstić information content (AvgIpc) is 2.33. The van der Waals surface area contributed by atoms with Crippen molar-refractivity contribution in [1.82, 2.24) is 0 Å². The van der Waals surface area contributed by atoms with Crippen molar-refractivity contribution >= 4 is 13.7 Å². The number of rotatable bonds is 1. The van der Waals surface area contributed by atoms with Crippen molar-refractivity contribution in [2.75, 3.05) is 0 Å². The van der Waals surface area contributed by atoms with Crippen molar-refractivity contribution in [3.63, 3.8) is 0 Å². The van der Waals surface area contributed by atoms with Gasteiger partial charge in [-0.1, -0.05) is 0 Å². The Kier molecular flexibility index (Phi) is 2.53. The molecular formula is C13H21O2Si-. The van der Waals surface area contributed by atoms with Crippen molar-refractivity contribution in [2.24, 2.45) is 0 Å². The summed E-state index contributed by atoms with van der Waals surface area (Å²) in [4.78, 5) is 0. The van der Waals surface area contributed by atoms with Crippen LogP contribution in [0, 0.1) is 0 Å². The number of benzene rings is 1. The van der Waals surface area contributed by atoms with Crippen LogP contribution in [0.3, 0.4) is 0 Å². The summed E-state index contributed by atoms with van der Waals surface area (Å²) in [6.07, 6.45) is 0. The maximum absolute atomic E-state index is 6.28. The van der Waals surface area contributed by atoms with E-state index >= 15 is 0 Å². The van der Waals surface area contributed by atoms with Gasteiger partial charge >= 0.3 is 98.4 Å². The topological polar surface area (TPSA) is 18.5 Å². The first-order chi connectivity index (χ1) is 7.27. The molecule has 16 heavy (non-hydrogen) atoms. The van der Waals surface area contributed by atoms with E-state index in [1.54, 1.807) is 0 Å². The second-order valence-electron chi connectivity index (χ2n) is 5.76. The Morgan fingerprint density at radius 3 is 1.75 bits per heavy atom. The van der Waals surface area contributed by atoms with Crippen LogP contribution in [0.4, 0.5) is 0 Å². The van der Waals surface area contributed by atoms with E-state index < -0.39 is 8.56 Å². The van der Waals surface area contributed by atoms with Crippen LogP contribution in [-0.4, -0.2) is 19.8 Å². The van der Waals surface area contributed by atoms with Gasteiger partial charge < -0.3 is 0 Å².